The number of rotatable bonds is 19. The van der Waals surface area contributed by atoms with E-state index in [1.807, 2.05) is 53.3 Å². The van der Waals surface area contributed by atoms with Crippen LogP contribution >= 0.6 is 23.4 Å². The van der Waals surface area contributed by atoms with E-state index < -0.39 is 58.8 Å². The number of aromatic nitrogens is 1. The molecule has 4 amide bonds. The Hall–Kier alpha value is -6.01. The Morgan fingerprint density at radius 3 is 2.22 bits per heavy atom. The molecule has 5 fully saturated rings. The van der Waals surface area contributed by atoms with Crippen LogP contribution in [0.4, 0.5) is 35.0 Å². The Bertz CT molecular complexity index is 3420. The van der Waals surface area contributed by atoms with Crippen molar-refractivity contribution in [3.05, 3.63) is 143 Å². The Kier molecular flexibility index (Phi) is 17.8. The number of amides is 4. The number of sulfone groups is 1. The summed E-state index contributed by atoms with van der Waals surface area (Å²) < 4.78 is 100. The van der Waals surface area contributed by atoms with Gasteiger partial charge in [-0.3, -0.25) is 39.5 Å². The molecule has 5 saturated heterocycles. The second kappa shape index (κ2) is 24.7. The number of hydrogen-bond acceptors (Lipinski definition) is 14. The van der Waals surface area contributed by atoms with E-state index in [0.29, 0.717) is 48.6 Å². The van der Waals surface area contributed by atoms with E-state index in [1.165, 1.54) is 45.5 Å². The van der Waals surface area contributed by atoms with Crippen LogP contribution in [0.3, 0.4) is 0 Å². The van der Waals surface area contributed by atoms with E-state index in [-0.39, 0.29) is 41.9 Å². The lowest BCUT2D eigenvalue weighted by Gasteiger charge is -2.52. The number of nitrogens with one attached hydrogen (secondary N) is 3. The zero-order chi connectivity index (χ0) is 58.0. The van der Waals surface area contributed by atoms with Crippen molar-refractivity contribution in [1.82, 2.24) is 29.7 Å². The minimum Gasteiger partial charge on any atom is -0.380 e. The van der Waals surface area contributed by atoms with E-state index in [1.54, 1.807) is 24.5 Å². The summed E-state index contributed by atoms with van der Waals surface area (Å²) in [7, 11) is -11.0. The summed E-state index contributed by atoms with van der Waals surface area (Å²) in [5, 5.41) is 6.13. The molecule has 1 aromatic heterocycles. The standard InChI is InChI=1S/C59H67ClF3N9O7S3/c1-58(2)23-20-52(41-8-12-44(60)13-9-41)43(32-58)36-68-26-28-69(29-27-68)46-14-10-42(11-15-46)56(74)67-82(78,79)51-18-19-53(54(31-51)81(76,77)59(61,62)63)65-45(39-80-50-6-4-3-5-7-50)21-24-70-37-48-17-16-47(70)38-71(48)35-40-30-49(34-64-33-40)72-25-22-55(73)66-57(72)75/h3-15,18-19,30-31,33-34,45,47-48,65H,16-17,20-29,32,35-39H2,1-2H3,(H,67,74)(H,66,73,75)/t45-,47?,48?/m1/s1. The number of anilines is 3. The number of piperidine rings is 2. The van der Waals surface area contributed by atoms with E-state index >= 15 is 0 Å². The van der Waals surface area contributed by atoms with Crippen molar-refractivity contribution in [3.8, 4) is 0 Å². The number of halogens is 4. The summed E-state index contributed by atoms with van der Waals surface area (Å²) in [6, 6.07) is 27.5. The molecule has 0 saturated carbocycles. The van der Waals surface area contributed by atoms with Crippen molar-refractivity contribution in [2.75, 3.05) is 79.8 Å². The van der Waals surface area contributed by atoms with Gasteiger partial charge in [0.2, 0.25) is 5.91 Å². The number of hydrogen-bond donors (Lipinski definition) is 3. The van der Waals surface area contributed by atoms with Crippen molar-refractivity contribution < 1.29 is 44.4 Å². The van der Waals surface area contributed by atoms with Gasteiger partial charge in [-0.15, -0.1) is 11.8 Å². The van der Waals surface area contributed by atoms with Crippen LogP contribution < -0.4 is 25.2 Å². The molecule has 16 nitrogen and oxygen atoms in total. The quantitative estimate of drug-likeness (QED) is 0.0664. The number of carbonyl (C=O) groups is 3. The average Bonchev–Trinajstić information content (AvgIpc) is 3.37. The third-order valence-electron chi connectivity index (χ3n) is 16.3. The maximum atomic E-state index is 14.5. The van der Waals surface area contributed by atoms with Crippen molar-refractivity contribution in [1.29, 1.82) is 0 Å². The van der Waals surface area contributed by atoms with E-state index in [2.05, 4.69) is 61.2 Å². The molecule has 6 heterocycles. The predicted octanol–water partition coefficient (Wildman–Crippen LogP) is 9.69. The molecule has 4 aromatic carbocycles. The number of piperazine rings is 2. The molecule has 82 heavy (non-hydrogen) atoms. The zero-order valence-electron chi connectivity index (χ0n) is 45.7. The van der Waals surface area contributed by atoms with Crippen LogP contribution in [0.1, 0.15) is 80.3 Å². The largest absolute Gasteiger partial charge is 0.501 e. The van der Waals surface area contributed by atoms with Gasteiger partial charge in [-0.25, -0.2) is 26.4 Å². The smallest absolute Gasteiger partial charge is 0.380 e. The number of benzene rings is 4. The molecule has 11 rings (SSSR count). The maximum absolute atomic E-state index is 14.5. The van der Waals surface area contributed by atoms with Gasteiger partial charge >= 0.3 is 11.5 Å². The number of nitrogens with zero attached hydrogens (tertiary/aromatic N) is 6. The van der Waals surface area contributed by atoms with Crippen LogP contribution in [0, 0.1) is 5.41 Å². The second-order valence-electron chi connectivity index (χ2n) is 22.7. The first kappa shape index (κ1) is 59.2. The van der Waals surface area contributed by atoms with Crippen LogP contribution in [-0.2, 0) is 31.2 Å². The lowest BCUT2D eigenvalue weighted by molar-refractivity contribution is -0.120. The molecule has 2 unspecified atom stereocenters. The molecule has 6 aliphatic rings. The van der Waals surface area contributed by atoms with E-state index in [9.17, 15) is 44.4 Å². The molecule has 2 bridgehead atoms. The SMILES string of the molecule is CC1(C)CCC(c2ccc(Cl)cc2)=C(CN2CCN(c3ccc(C(=O)NS(=O)(=O)c4ccc(N[C@H](CCN5CC6CCC5CN6Cc5cncc(N6CCC(=O)NC6=O)c5)CSc5ccccc5)c(S(=O)(=O)C(F)(F)F)c4)cc3)CC2)C1. The van der Waals surface area contributed by atoms with Crippen molar-refractivity contribution in [3.63, 3.8) is 0 Å². The molecule has 23 heteroatoms. The zero-order valence-corrected chi connectivity index (χ0v) is 48.9. The second-order valence-corrected chi connectivity index (χ2v) is 27.8. The molecule has 3 N–H and O–H groups in total. The topological polar surface area (TPSA) is 185 Å². The molecule has 436 valence electrons. The summed E-state index contributed by atoms with van der Waals surface area (Å²) in [6.45, 7) is 11.4. The Morgan fingerprint density at radius 1 is 0.829 bits per heavy atom. The van der Waals surface area contributed by atoms with Gasteiger partial charge in [-0.2, -0.15) is 13.2 Å². The minimum atomic E-state index is -6.14. The fourth-order valence-electron chi connectivity index (χ4n) is 11.9. The summed E-state index contributed by atoms with van der Waals surface area (Å²) in [4.78, 5) is 51.9. The fraction of sp³-hybridized carbons (Fsp3) is 0.424. The molecule has 5 aliphatic heterocycles. The number of pyridine rings is 1. The fourth-order valence-corrected chi connectivity index (χ4v) is 15.0. The highest BCUT2D eigenvalue weighted by molar-refractivity contribution is 7.99. The lowest BCUT2D eigenvalue weighted by atomic mass is 9.73. The first-order valence-corrected chi connectivity index (χ1v) is 31.9. The van der Waals surface area contributed by atoms with Gasteiger partial charge in [0.05, 0.1) is 22.5 Å². The third-order valence-corrected chi connectivity index (χ3v) is 20.6. The van der Waals surface area contributed by atoms with Crippen molar-refractivity contribution >= 4 is 83.7 Å². The number of urea groups is 1. The highest BCUT2D eigenvalue weighted by Crippen LogP contribution is 2.43. The molecule has 0 radical (unpaired) electrons. The van der Waals surface area contributed by atoms with Gasteiger partial charge in [0.15, 0.2) is 0 Å². The monoisotopic (exact) mass is 1200 g/mol. The highest BCUT2D eigenvalue weighted by Gasteiger charge is 2.49. The predicted molar refractivity (Wildman–Crippen MR) is 313 cm³/mol. The average molecular weight is 1200 g/mol. The molecular formula is C59H67ClF3N9O7S3. The normalized spacial score (nSPS) is 20.7. The number of imide groups is 1. The van der Waals surface area contributed by atoms with E-state index in [0.717, 1.165) is 99.7 Å². The van der Waals surface area contributed by atoms with Crippen LogP contribution in [-0.4, -0.2) is 143 Å². The molecule has 1 aliphatic carbocycles. The van der Waals surface area contributed by atoms with E-state index in [4.69, 9.17) is 11.6 Å². The highest BCUT2D eigenvalue weighted by atomic mass is 35.5. The molecule has 3 atom stereocenters. The van der Waals surface area contributed by atoms with Gasteiger partial charge in [0.25, 0.3) is 25.8 Å². The van der Waals surface area contributed by atoms with Crippen molar-refractivity contribution in [2.24, 2.45) is 5.41 Å². The van der Waals surface area contributed by atoms with Gasteiger partial charge in [-0.1, -0.05) is 61.4 Å². The number of thioether (sulfide) groups is 1. The van der Waals surface area contributed by atoms with Crippen molar-refractivity contribution in [2.45, 2.75) is 104 Å². The summed E-state index contributed by atoms with van der Waals surface area (Å²) in [5.74, 6) is -1.04. The lowest BCUT2D eigenvalue weighted by Crippen LogP contribution is -2.62. The van der Waals surface area contributed by atoms with Gasteiger partial charge < -0.3 is 10.2 Å². The summed E-state index contributed by atoms with van der Waals surface area (Å²) in [5.41, 5.74) is 0.351. The van der Waals surface area contributed by atoms with Gasteiger partial charge in [-0.05, 0) is 133 Å². The first-order valence-electron chi connectivity index (χ1n) is 27.6. The Morgan fingerprint density at radius 2 is 1.54 bits per heavy atom. The minimum absolute atomic E-state index is 0.0187. The number of sulfonamides is 1. The van der Waals surface area contributed by atoms with Crippen LogP contribution in [0.2, 0.25) is 5.02 Å². The van der Waals surface area contributed by atoms with Crippen LogP contribution in [0.25, 0.3) is 5.57 Å². The van der Waals surface area contributed by atoms with Crippen LogP contribution in [0.15, 0.2) is 136 Å². The first-order chi connectivity index (χ1) is 39.1. The Balaban J connectivity index is 0.790. The van der Waals surface area contributed by atoms with Crippen LogP contribution in [0.5, 0.6) is 0 Å². The molecular weight excluding hydrogens is 1140 g/mol. The number of carbonyl (C=O) groups excluding carboxylic acids is 3. The van der Waals surface area contributed by atoms with Gasteiger partial charge in [0.1, 0.15) is 4.90 Å². The summed E-state index contributed by atoms with van der Waals surface area (Å²) in [6.07, 6.45) is 8.94. The number of alkyl halides is 3. The molecule has 5 aromatic rings. The number of allylic oxidation sites excluding steroid dienone is 1. The maximum Gasteiger partial charge on any atom is 0.501 e. The van der Waals surface area contributed by atoms with Gasteiger partial charge in [0, 0.05) is 123 Å². The third kappa shape index (κ3) is 14.0. The molecule has 0 spiro atoms. The number of fused-ring (bicyclic) bond motifs is 3. The Labute approximate surface area is 486 Å². The summed E-state index contributed by atoms with van der Waals surface area (Å²) >= 11 is 7.66.